The van der Waals surface area contributed by atoms with Crippen LogP contribution in [0.3, 0.4) is 0 Å². The first-order chi connectivity index (χ1) is 16.4. The maximum absolute atomic E-state index is 12.8. The molecular formula is C27H31N3O4. The number of benzene rings is 2. The first-order valence-electron chi connectivity index (χ1n) is 12.0. The van der Waals surface area contributed by atoms with Crippen molar-refractivity contribution in [3.05, 3.63) is 59.7 Å². The van der Waals surface area contributed by atoms with E-state index in [4.69, 9.17) is 0 Å². The van der Waals surface area contributed by atoms with E-state index in [1.807, 2.05) is 48.5 Å². The number of hydrogen-bond acceptors (Lipinski definition) is 4. The molecule has 0 radical (unpaired) electrons. The third-order valence-electron chi connectivity index (χ3n) is 7.43. The van der Waals surface area contributed by atoms with Crippen molar-refractivity contribution < 1.29 is 19.5 Å². The monoisotopic (exact) mass is 461 g/mol. The number of piperazine rings is 1. The molecule has 1 N–H and O–H groups in total. The lowest BCUT2D eigenvalue weighted by Gasteiger charge is -2.58. The van der Waals surface area contributed by atoms with Crippen LogP contribution in [-0.4, -0.2) is 83.4 Å². The number of carbonyl (C=O) groups excluding carboxylic acids is 3. The summed E-state index contributed by atoms with van der Waals surface area (Å²) >= 11 is 0. The molecule has 1 aliphatic carbocycles. The third kappa shape index (κ3) is 4.09. The molecule has 3 fully saturated rings. The molecule has 5 rings (SSSR count). The molecule has 0 spiro atoms. The van der Waals surface area contributed by atoms with Crippen molar-refractivity contribution >= 4 is 17.7 Å². The maximum Gasteiger partial charge on any atom is 0.253 e. The average Bonchev–Trinajstić information content (AvgIpc) is 3.64. The van der Waals surface area contributed by atoms with Crippen molar-refractivity contribution in [3.63, 3.8) is 0 Å². The van der Waals surface area contributed by atoms with Gasteiger partial charge in [0.05, 0.1) is 25.2 Å². The fourth-order valence-electron chi connectivity index (χ4n) is 5.35. The predicted octanol–water partition coefficient (Wildman–Crippen LogP) is 2.35. The quantitative estimate of drug-likeness (QED) is 0.716. The Morgan fingerprint density at radius 3 is 2.18 bits per heavy atom. The molecule has 1 saturated carbocycles. The van der Waals surface area contributed by atoms with E-state index in [0.717, 1.165) is 29.5 Å². The van der Waals surface area contributed by atoms with Crippen LogP contribution in [0, 0.1) is 5.92 Å². The number of aliphatic hydroxyl groups is 1. The van der Waals surface area contributed by atoms with E-state index >= 15 is 0 Å². The largest absolute Gasteiger partial charge is 0.394 e. The van der Waals surface area contributed by atoms with E-state index in [0.29, 0.717) is 24.4 Å². The second-order valence-electron chi connectivity index (χ2n) is 9.96. The van der Waals surface area contributed by atoms with Gasteiger partial charge in [-0.1, -0.05) is 36.4 Å². The third-order valence-corrected chi connectivity index (χ3v) is 7.43. The standard InChI is InChI=1S/C27H31N3O4/c1-28(2)27(34)21-11-7-19(8-12-21)18-5-9-20(10-6-18)26-22-14-29(24(32)13-17-3-4-17)15-25(33)30(22)23(26)16-31/h5-12,17,22-23,26,31H,3-4,13-16H2,1-2H3/t22-,23-,26+/m0/s1. The molecule has 0 aromatic heterocycles. The summed E-state index contributed by atoms with van der Waals surface area (Å²) in [6.07, 6.45) is 2.76. The Hall–Kier alpha value is -3.19. The lowest BCUT2D eigenvalue weighted by atomic mass is 9.73. The first-order valence-corrected chi connectivity index (χ1v) is 12.0. The lowest BCUT2D eigenvalue weighted by Crippen LogP contribution is -2.73. The second kappa shape index (κ2) is 8.87. The number of rotatable bonds is 6. The predicted molar refractivity (Wildman–Crippen MR) is 128 cm³/mol. The first kappa shape index (κ1) is 22.6. The second-order valence-corrected chi connectivity index (χ2v) is 9.96. The molecule has 7 heteroatoms. The van der Waals surface area contributed by atoms with Gasteiger partial charge in [-0.05, 0) is 47.6 Å². The Morgan fingerprint density at radius 1 is 1.00 bits per heavy atom. The van der Waals surface area contributed by atoms with Gasteiger partial charge in [-0.2, -0.15) is 0 Å². The molecule has 0 unspecified atom stereocenters. The van der Waals surface area contributed by atoms with Crippen LogP contribution in [0.4, 0.5) is 0 Å². The fraction of sp³-hybridized carbons (Fsp3) is 0.444. The zero-order chi connectivity index (χ0) is 24.0. The number of carbonyl (C=O) groups is 3. The van der Waals surface area contributed by atoms with Crippen LogP contribution < -0.4 is 0 Å². The topological polar surface area (TPSA) is 81.2 Å². The normalized spacial score (nSPS) is 23.9. The zero-order valence-electron chi connectivity index (χ0n) is 19.7. The molecule has 3 amide bonds. The van der Waals surface area contributed by atoms with Gasteiger partial charge in [0.1, 0.15) is 0 Å². The van der Waals surface area contributed by atoms with Gasteiger partial charge in [0.2, 0.25) is 11.8 Å². The zero-order valence-corrected chi connectivity index (χ0v) is 19.7. The van der Waals surface area contributed by atoms with Crippen LogP contribution in [-0.2, 0) is 9.59 Å². The minimum Gasteiger partial charge on any atom is -0.394 e. The van der Waals surface area contributed by atoms with Gasteiger partial charge in [-0.15, -0.1) is 0 Å². The van der Waals surface area contributed by atoms with Crippen molar-refractivity contribution in [3.8, 4) is 11.1 Å². The Morgan fingerprint density at radius 2 is 1.62 bits per heavy atom. The molecule has 3 aliphatic rings. The molecule has 2 saturated heterocycles. The maximum atomic E-state index is 12.8. The molecule has 0 bridgehead atoms. The summed E-state index contributed by atoms with van der Waals surface area (Å²) in [6, 6.07) is 15.4. The highest BCUT2D eigenvalue weighted by Crippen LogP contribution is 2.43. The van der Waals surface area contributed by atoms with E-state index in [-0.39, 0.29) is 48.9 Å². The summed E-state index contributed by atoms with van der Waals surface area (Å²) in [7, 11) is 3.47. The van der Waals surface area contributed by atoms with Crippen LogP contribution in [0.5, 0.6) is 0 Å². The Bertz CT molecular complexity index is 1090. The van der Waals surface area contributed by atoms with Gasteiger partial charge in [0.15, 0.2) is 0 Å². The van der Waals surface area contributed by atoms with E-state index in [2.05, 4.69) is 0 Å². The van der Waals surface area contributed by atoms with Crippen molar-refractivity contribution in [2.45, 2.75) is 37.3 Å². The minimum atomic E-state index is -0.250. The SMILES string of the molecule is CN(C)C(=O)c1ccc(-c2ccc([C@H]3[C@H](CO)N4C(=O)CN(C(=O)CC5CC5)C[C@@H]34)cc2)cc1. The molecule has 34 heavy (non-hydrogen) atoms. The molecule has 2 aliphatic heterocycles. The molecule has 178 valence electrons. The van der Waals surface area contributed by atoms with Gasteiger partial charge >= 0.3 is 0 Å². The van der Waals surface area contributed by atoms with E-state index in [1.54, 1.807) is 28.8 Å². The van der Waals surface area contributed by atoms with Gasteiger partial charge in [0, 0.05) is 38.5 Å². The smallest absolute Gasteiger partial charge is 0.253 e. The summed E-state index contributed by atoms with van der Waals surface area (Å²) in [4.78, 5) is 42.6. The van der Waals surface area contributed by atoms with E-state index in [9.17, 15) is 19.5 Å². The van der Waals surface area contributed by atoms with Crippen LogP contribution in [0.2, 0.25) is 0 Å². The number of aliphatic hydroxyl groups excluding tert-OH is 1. The summed E-state index contributed by atoms with van der Waals surface area (Å²) in [6.45, 7) is 0.560. The molecule has 7 nitrogen and oxygen atoms in total. The Labute approximate surface area is 200 Å². The van der Waals surface area contributed by atoms with Crippen LogP contribution in [0.15, 0.2) is 48.5 Å². The van der Waals surface area contributed by atoms with Crippen molar-refractivity contribution in [1.82, 2.24) is 14.7 Å². The van der Waals surface area contributed by atoms with Gasteiger partial charge in [0.25, 0.3) is 5.91 Å². The Kier molecular flexibility index (Phi) is 5.90. The highest BCUT2D eigenvalue weighted by molar-refractivity contribution is 5.94. The highest BCUT2D eigenvalue weighted by atomic mass is 16.3. The minimum absolute atomic E-state index is 0.000358. The molecule has 2 aromatic rings. The van der Waals surface area contributed by atoms with Crippen LogP contribution in [0.1, 0.15) is 41.1 Å². The van der Waals surface area contributed by atoms with Gasteiger partial charge < -0.3 is 19.8 Å². The number of hydrogen-bond donors (Lipinski definition) is 1. The fourth-order valence-corrected chi connectivity index (χ4v) is 5.35. The van der Waals surface area contributed by atoms with E-state index in [1.165, 1.54) is 0 Å². The summed E-state index contributed by atoms with van der Waals surface area (Å²) in [5, 5.41) is 10.0. The van der Waals surface area contributed by atoms with Crippen molar-refractivity contribution in [1.29, 1.82) is 0 Å². The summed E-state index contributed by atoms with van der Waals surface area (Å²) in [5.41, 5.74) is 3.76. The number of fused-ring (bicyclic) bond motifs is 1. The lowest BCUT2D eigenvalue weighted by molar-refractivity contribution is -0.167. The van der Waals surface area contributed by atoms with Crippen LogP contribution in [0.25, 0.3) is 11.1 Å². The highest BCUT2D eigenvalue weighted by Gasteiger charge is 2.54. The van der Waals surface area contributed by atoms with E-state index < -0.39 is 0 Å². The summed E-state index contributed by atoms with van der Waals surface area (Å²) < 4.78 is 0. The van der Waals surface area contributed by atoms with Gasteiger partial charge in [-0.25, -0.2) is 0 Å². The molecule has 3 atom stereocenters. The van der Waals surface area contributed by atoms with Gasteiger partial charge in [-0.3, -0.25) is 14.4 Å². The Balaban J connectivity index is 1.32. The van der Waals surface area contributed by atoms with Crippen LogP contribution >= 0.6 is 0 Å². The molecule has 2 heterocycles. The number of nitrogens with zero attached hydrogens (tertiary/aromatic N) is 3. The molecular weight excluding hydrogens is 430 g/mol. The molecule has 2 aromatic carbocycles. The number of amides is 3. The summed E-state index contributed by atoms with van der Waals surface area (Å²) in [5.74, 6) is 0.469. The van der Waals surface area contributed by atoms with Crippen molar-refractivity contribution in [2.75, 3.05) is 33.8 Å². The van der Waals surface area contributed by atoms with Crippen molar-refractivity contribution in [2.24, 2.45) is 5.92 Å². The average molecular weight is 462 g/mol.